The van der Waals surface area contributed by atoms with Crippen LogP contribution in [0.3, 0.4) is 0 Å². The molecule has 4 nitrogen and oxygen atoms in total. The number of amides is 1. The Labute approximate surface area is 115 Å². The zero-order chi connectivity index (χ0) is 13.8. The van der Waals surface area contributed by atoms with Gasteiger partial charge >= 0.3 is 0 Å². The fourth-order valence-corrected chi connectivity index (χ4v) is 1.81. The van der Waals surface area contributed by atoms with Crippen LogP contribution in [-0.4, -0.2) is 16.1 Å². The first-order chi connectivity index (χ1) is 9.10. The van der Waals surface area contributed by atoms with Gasteiger partial charge in [0.2, 0.25) is 0 Å². The maximum absolute atomic E-state index is 12.0. The molecule has 0 spiro atoms. The van der Waals surface area contributed by atoms with Gasteiger partial charge in [0, 0.05) is 10.7 Å². The monoisotopic (exact) mass is 277 g/mol. The van der Waals surface area contributed by atoms with Crippen molar-refractivity contribution in [3.05, 3.63) is 58.6 Å². The van der Waals surface area contributed by atoms with Crippen LogP contribution >= 0.6 is 11.6 Å². The number of hydrogen-bond acceptors (Lipinski definition) is 3. The van der Waals surface area contributed by atoms with E-state index in [9.17, 15) is 9.90 Å². The van der Waals surface area contributed by atoms with Crippen LogP contribution in [0, 0.1) is 0 Å². The van der Waals surface area contributed by atoms with E-state index in [0.29, 0.717) is 16.3 Å². The lowest BCUT2D eigenvalue weighted by Crippen LogP contribution is -2.12. The number of anilines is 1. The van der Waals surface area contributed by atoms with Gasteiger partial charge < -0.3 is 15.5 Å². The average molecular weight is 278 g/mol. The van der Waals surface area contributed by atoms with Gasteiger partial charge in [-0.05, 0) is 35.9 Å². The lowest BCUT2D eigenvalue weighted by Gasteiger charge is -2.08. The number of aromatic hydroxyl groups is 1. The first kappa shape index (κ1) is 13.4. The number of carbonyl (C=O) groups is 1. The van der Waals surface area contributed by atoms with Crippen LogP contribution < -0.4 is 5.32 Å². The molecule has 5 heteroatoms. The molecule has 0 aliphatic carbocycles. The Morgan fingerprint density at radius 1 is 1.21 bits per heavy atom. The highest BCUT2D eigenvalue weighted by Crippen LogP contribution is 2.22. The molecule has 0 radical (unpaired) electrons. The average Bonchev–Trinajstić information content (AvgIpc) is 2.41. The molecule has 0 aliphatic rings. The maximum Gasteiger partial charge on any atom is 0.259 e. The second-order valence-corrected chi connectivity index (χ2v) is 4.41. The Morgan fingerprint density at radius 2 is 2.00 bits per heavy atom. The van der Waals surface area contributed by atoms with Gasteiger partial charge in [-0.3, -0.25) is 4.79 Å². The van der Waals surface area contributed by atoms with Crippen LogP contribution in [0.4, 0.5) is 5.69 Å². The van der Waals surface area contributed by atoms with Crippen LogP contribution in [0.1, 0.15) is 15.9 Å². The predicted octanol–water partition coefficient (Wildman–Crippen LogP) is 2.79. The third kappa shape index (κ3) is 3.24. The summed E-state index contributed by atoms with van der Waals surface area (Å²) in [6.07, 6.45) is 0. The Balaban J connectivity index is 2.23. The van der Waals surface area contributed by atoms with Crippen molar-refractivity contribution in [1.82, 2.24) is 0 Å². The summed E-state index contributed by atoms with van der Waals surface area (Å²) >= 11 is 5.79. The molecular weight excluding hydrogens is 266 g/mol. The predicted molar refractivity (Wildman–Crippen MR) is 73.4 cm³/mol. The van der Waals surface area contributed by atoms with Crippen molar-refractivity contribution in [2.45, 2.75) is 6.61 Å². The summed E-state index contributed by atoms with van der Waals surface area (Å²) in [5.74, 6) is -0.602. The van der Waals surface area contributed by atoms with Crippen LogP contribution in [0.25, 0.3) is 0 Å². The first-order valence-corrected chi connectivity index (χ1v) is 5.97. The van der Waals surface area contributed by atoms with Crippen LogP contribution in [0.15, 0.2) is 42.5 Å². The Hall–Kier alpha value is -2.04. The van der Waals surface area contributed by atoms with Crippen molar-refractivity contribution in [3.8, 4) is 5.75 Å². The number of benzene rings is 2. The van der Waals surface area contributed by atoms with Gasteiger partial charge in [-0.2, -0.15) is 0 Å². The van der Waals surface area contributed by atoms with Crippen molar-refractivity contribution < 1.29 is 15.0 Å². The molecule has 98 valence electrons. The molecule has 2 aromatic carbocycles. The lowest BCUT2D eigenvalue weighted by molar-refractivity contribution is 0.102. The van der Waals surface area contributed by atoms with E-state index in [4.69, 9.17) is 16.7 Å². The van der Waals surface area contributed by atoms with Gasteiger partial charge in [0.25, 0.3) is 5.91 Å². The number of carbonyl (C=O) groups excluding carboxylic acids is 1. The number of phenolic OH excluding ortho intramolecular Hbond substituents is 1. The second-order valence-electron chi connectivity index (χ2n) is 3.97. The van der Waals surface area contributed by atoms with E-state index in [1.807, 2.05) is 0 Å². The first-order valence-electron chi connectivity index (χ1n) is 5.60. The standard InChI is InChI=1S/C14H12ClNO3/c15-10-4-5-13(18)12(7-10)14(19)16-11-3-1-2-9(6-11)8-17/h1-7,17-18H,8H2,(H,16,19). The highest BCUT2D eigenvalue weighted by atomic mass is 35.5. The minimum atomic E-state index is -0.463. The van der Waals surface area contributed by atoms with Gasteiger partial charge in [0.1, 0.15) is 5.75 Å². The molecule has 0 aromatic heterocycles. The fourth-order valence-electron chi connectivity index (χ4n) is 1.64. The molecule has 0 heterocycles. The van der Waals surface area contributed by atoms with E-state index < -0.39 is 5.91 Å². The van der Waals surface area contributed by atoms with E-state index in [1.54, 1.807) is 24.3 Å². The molecule has 0 saturated heterocycles. The second kappa shape index (κ2) is 5.73. The molecule has 2 rings (SSSR count). The Bertz CT molecular complexity index is 613. The molecule has 1 amide bonds. The highest BCUT2D eigenvalue weighted by molar-refractivity contribution is 6.31. The molecule has 2 aromatic rings. The van der Waals surface area contributed by atoms with Crippen molar-refractivity contribution in [2.24, 2.45) is 0 Å². The van der Waals surface area contributed by atoms with E-state index in [-0.39, 0.29) is 17.9 Å². The zero-order valence-corrected chi connectivity index (χ0v) is 10.7. The molecule has 0 atom stereocenters. The quantitative estimate of drug-likeness (QED) is 0.808. The summed E-state index contributed by atoms with van der Waals surface area (Å²) in [5, 5.41) is 21.6. The van der Waals surface area contributed by atoms with Crippen molar-refractivity contribution in [3.63, 3.8) is 0 Å². The number of phenols is 1. The van der Waals surface area contributed by atoms with Crippen molar-refractivity contribution in [1.29, 1.82) is 0 Å². The number of aliphatic hydroxyl groups excluding tert-OH is 1. The van der Waals surface area contributed by atoms with Gasteiger partial charge in [-0.25, -0.2) is 0 Å². The molecule has 0 saturated carbocycles. The molecule has 0 fully saturated rings. The van der Waals surface area contributed by atoms with Gasteiger partial charge in [0.15, 0.2) is 0 Å². The van der Waals surface area contributed by atoms with E-state index >= 15 is 0 Å². The number of nitrogens with one attached hydrogen (secondary N) is 1. The van der Waals surface area contributed by atoms with E-state index in [2.05, 4.69) is 5.32 Å². The third-order valence-corrected chi connectivity index (χ3v) is 2.81. The van der Waals surface area contributed by atoms with Crippen LogP contribution in [0.5, 0.6) is 5.75 Å². The smallest absolute Gasteiger partial charge is 0.259 e. The summed E-state index contributed by atoms with van der Waals surface area (Å²) in [6, 6.07) is 11.1. The molecule has 0 bridgehead atoms. The summed E-state index contributed by atoms with van der Waals surface area (Å²) in [6.45, 7) is -0.105. The summed E-state index contributed by atoms with van der Waals surface area (Å²) < 4.78 is 0. The summed E-state index contributed by atoms with van der Waals surface area (Å²) in [4.78, 5) is 12.0. The number of hydrogen-bond donors (Lipinski definition) is 3. The SMILES string of the molecule is O=C(Nc1cccc(CO)c1)c1cc(Cl)ccc1O. The molecular formula is C14H12ClNO3. The molecule has 3 N–H and O–H groups in total. The molecule has 0 aliphatic heterocycles. The normalized spacial score (nSPS) is 10.2. The van der Waals surface area contributed by atoms with E-state index in [0.717, 1.165) is 0 Å². The highest BCUT2D eigenvalue weighted by Gasteiger charge is 2.12. The van der Waals surface area contributed by atoms with Crippen molar-refractivity contribution >= 4 is 23.2 Å². The summed E-state index contributed by atoms with van der Waals surface area (Å²) in [5.41, 5.74) is 1.32. The minimum Gasteiger partial charge on any atom is -0.507 e. The third-order valence-electron chi connectivity index (χ3n) is 2.57. The van der Waals surface area contributed by atoms with Crippen LogP contribution in [0.2, 0.25) is 5.02 Å². The Kier molecular flexibility index (Phi) is 4.04. The largest absolute Gasteiger partial charge is 0.507 e. The fraction of sp³-hybridized carbons (Fsp3) is 0.0714. The number of halogens is 1. The minimum absolute atomic E-state index is 0.0990. The van der Waals surface area contributed by atoms with Crippen LogP contribution in [-0.2, 0) is 6.61 Å². The molecule has 19 heavy (non-hydrogen) atoms. The lowest BCUT2D eigenvalue weighted by atomic mass is 10.1. The maximum atomic E-state index is 12.0. The molecule has 0 unspecified atom stereocenters. The topological polar surface area (TPSA) is 69.6 Å². The zero-order valence-electron chi connectivity index (χ0n) is 9.93. The van der Waals surface area contributed by atoms with Gasteiger partial charge in [0.05, 0.1) is 12.2 Å². The van der Waals surface area contributed by atoms with Crippen molar-refractivity contribution in [2.75, 3.05) is 5.32 Å². The van der Waals surface area contributed by atoms with Gasteiger partial charge in [-0.1, -0.05) is 23.7 Å². The number of rotatable bonds is 3. The van der Waals surface area contributed by atoms with Gasteiger partial charge in [-0.15, -0.1) is 0 Å². The summed E-state index contributed by atoms with van der Waals surface area (Å²) in [7, 11) is 0. The Morgan fingerprint density at radius 3 is 2.74 bits per heavy atom. The number of aliphatic hydroxyl groups is 1. The van der Waals surface area contributed by atoms with E-state index in [1.165, 1.54) is 18.2 Å².